The molecule has 0 atom stereocenters. The van der Waals surface area contributed by atoms with E-state index in [-0.39, 0.29) is 24.7 Å². The smallest absolute Gasteiger partial charge is 0.278 e. The number of hydrazone groups is 1. The standard InChI is InChI=1S/C35H30BrN5O3/c1-23-14-16-28(17-15-23)41-31(25-10-6-4-7-11-25)18-27(34(41)26-12-8-5-9-13-26)20-38-40-32(42)22-44-35-29(19-37)30(21-43-3)33(36)24(2)39-35/h4-18,20H,21-22H2,1-3H3,(H,40,42)/b38-20-. The highest BCUT2D eigenvalue weighted by atomic mass is 79.9. The van der Waals surface area contributed by atoms with Gasteiger partial charge in [-0.25, -0.2) is 10.4 Å². The van der Waals surface area contributed by atoms with E-state index >= 15 is 0 Å². The Labute approximate surface area is 264 Å². The predicted molar refractivity (Wildman–Crippen MR) is 175 cm³/mol. The minimum atomic E-state index is -0.497. The van der Waals surface area contributed by atoms with E-state index in [2.05, 4.69) is 104 Å². The molecule has 0 aliphatic rings. The Morgan fingerprint density at radius 2 is 1.68 bits per heavy atom. The molecule has 220 valence electrons. The lowest BCUT2D eigenvalue weighted by molar-refractivity contribution is -0.123. The second-order valence-electron chi connectivity index (χ2n) is 10.0. The number of methoxy groups -OCH3 is 1. The van der Waals surface area contributed by atoms with Gasteiger partial charge in [0, 0.05) is 28.4 Å². The predicted octanol–water partition coefficient (Wildman–Crippen LogP) is 7.13. The first-order valence-electron chi connectivity index (χ1n) is 13.9. The van der Waals surface area contributed by atoms with Gasteiger partial charge in [-0.3, -0.25) is 4.79 Å². The fourth-order valence-electron chi connectivity index (χ4n) is 4.86. The number of pyridine rings is 1. The number of aryl methyl sites for hydroxylation is 2. The Kier molecular flexibility index (Phi) is 9.65. The van der Waals surface area contributed by atoms with Crippen molar-refractivity contribution >= 4 is 28.1 Å². The number of ether oxygens (including phenoxy) is 2. The summed E-state index contributed by atoms with van der Waals surface area (Å²) in [7, 11) is 1.54. The number of nitrogens with zero attached hydrogens (tertiary/aromatic N) is 4. The molecule has 1 amide bonds. The van der Waals surface area contributed by atoms with Crippen LogP contribution >= 0.6 is 15.9 Å². The van der Waals surface area contributed by atoms with Gasteiger partial charge in [-0.05, 0) is 59.1 Å². The quantitative estimate of drug-likeness (QED) is 0.128. The molecule has 0 aliphatic heterocycles. The van der Waals surface area contributed by atoms with Gasteiger partial charge < -0.3 is 14.0 Å². The lowest BCUT2D eigenvalue weighted by Gasteiger charge is -2.15. The summed E-state index contributed by atoms with van der Waals surface area (Å²) < 4.78 is 13.8. The van der Waals surface area contributed by atoms with Gasteiger partial charge in [0.2, 0.25) is 5.88 Å². The van der Waals surface area contributed by atoms with Crippen LogP contribution in [-0.4, -0.2) is 35.4 Å². The first-order chi connectivity index (χ1) is 21.4. The van der Waals surface area contributed by atoms with Gasteiger partial charge in [0.05, 0.1) is 29.9 Å². The molecular weight excluding hydrogens is 618 g/mol. The van der Waals surface area contributed by atoms with Crippen molar-refractivity contribution in [3.63, 3.8) is 0 Å². The number of amides is 1. The highest BCUT2D eigenvalue weighted by molar-refractivity contribution is 9.10. The fraction of sp³-hybridized carbons (Fsp3) is 0.143. The molecular formula is C35H30BrN5O3. The number of benzene rings is 3. The summed E-state index contributed by atoms with van der Waals surface area (Å²) in [5, 5.41) is 14.0. The SMILES string of the molecule is COCc1c(Br)c(C)nc(OCC(=O)N/N=C\c2cc(-c3ccccc3)n(-c3ccc(C)cc3)c2-c2ccccc2)c1C#N. The minimum absolute atomic E-state index is 0.0634. The second kappa shape index (κ2) is 14.0. The van der Waals surface area contributed by atoms with Gasteiger partial charge >= 0.3 is 0 Å². The topological polar surface area (TPSA) is 102 Å². The summed E-state index contributed by atoms with van der Waals surface area (Å²) in [4.78, 5) is 17.1. The Balaban J connectivity index is 1.46. The van der Waals surface area contributed by atoms with Crippen molar-refractivity contribution < 1.29 is 14.3 Å². The fourth-order valence-corrected chi connectivity index (χ4v) is 5.26. The maximum absolute atomic E-state index is 12.8. The molecule has 3 aromatic carbocycles. The number of rotatable bonds is 10. The largest absolute Gasteiger partial charge is 0.467 e. The summed E-state index contributed by atoms with van der Waals surface area (Å²) >= 11 is 3.46. The third kappa shape index (κ3) is 6.62. The maximum atomic E-state index is 12.8. The summed E-state index contributed by atoms with van der Waals surface area (Å²) in [6.45, 7) is 3.65. The Morgan fingerprint density at radius 1 is 1.02 bits per heavy atom. The number of nitrogens with one attached hydrogen (secondary N) is 1. The Morgan fingerprint density at radius 3 is 2.32 bits per heavy atom. The van der Waals surface area contributed by atoms with E-state index in [1.165, 1.54) is 12.7 Å². The van der Waals surface area contributed by atoms with Crippen molar-refractivity contribution in [2.75, 3.05) is 13.7 Å². The van der Waals surface area contributed by atoms with Crippen LogP contribution in [0.3, 0.4) is 0 Å². The second-order valence-corrected chi connectivity index (χ2v) is 10.8. The van der Waals surface area contributed by atoms with Crippen LogP contribution in [0.15, 0.2) is 101 Å². The molecule has 9 heteroatoms. The highest BCUT2D eigenvalue weighted by Gasteiger charge is 2.20. The van der Waals surface area contributed by atoms with Gasteiger partial charge in [-0.1, -0.05) is 78.4 Å². The molecule has 5 aromatic rings. The lowest BCUT2D eigenvalue weighted by Crippen LogP contribution is -2.25. The number of hydrogen-bond donors (Lipinski definition) is 1. The molecule has 2 heterocycles. The molecule has 0 unspecified atom stereocenters. The minimum Gasteiger partial charge on any atom is -0.467 e. The van der Waals surface area contributed by atoms with Crippen LogP contribution in [0.2, 0.25) is 0 Å². The van der Waals surface area contributed by atoms with Crippen molar-refractivity contribution in [3.05, 3.63) is 123 Å². The first-order valence-corrected chi connectivity index (χ1v) is 14.7. The first kappa shape index (κ1) is 30.4. The van der Waals surface area contributed by atoms with Crippen molar-refractivity contribution in [3.8, 4) is 40.2 Å². The van der Waals surface area contributed by atoms with E-state index < -0.39 is 5.91 Å². The molecule has 0 spiro atoms. The van der Waals surface area contributed by atoms with Gasteiger partial charge in [0.15, 0.2) is 6.61 Å². The third-order valence-electron chi connectivity index (χ3n) is 6.94. The van der Waals surface area contributed by atoms with Crippen molar-refractivity contribution in [1.82, 2.24) is 15.0 Å². The lowest BCUT2D eigenvalue weighted by atomic mass is 10.1. The average molecular weight is 649 g/mol. The van der Waals surface area contributed by atoms with E-state index in [0.29, 0.717) is 15.7 Å². The molecule has 0 aliphatic carbocycles. The van der Waals surface area contributed by atoms with Gasteiger partial charge in [0.25, 0.3) is 5.91 Å². The van der Waals surface area contributed by atoms with Crippen LogP contribution < -0.4 is 10.2 Å². The zero-order chi connectivity index (χ0) is 31.1. The molecule has 0 fully saturated rings. The number of halogens is 1. The van der Waals surface area contributed by atoms with Gasteiger partial charge in [0.1, 0.15) is 11.6 Å². The number of hydrogen-bond acceptors (Lipinski definition) is 6. The van der Waals surface area contributed by atoms with E-state index in [1.54, 1.807) is 13.1 Å². The number of aromatic nitrogens is 2. The normalized spacial score (nSPS) is 11.0. The van der Waals surface area contributed by atoms with E-state index in [0.717, 1.165) is 33.8 Å². The number of nitriles is 1. The average Bonchev–Trinajstić information content (AvgIpc) is 3.43. The van der Waals surface area contributed by atoms with Gasteiger partial charge in [-0.15, -0.1) is 0 Å². The number of carbonyl (C=O) groups excluding carboxylic acids is 1. The van der Waals surface area contributed by atoms with Crippen LogP contribution in [0, 0.1) is 25.2 Å². The van der Waals surface area contributed by atoms with Crippen LogP contribution in [0.4, 0.5) is 0 Å². The summed E-state index contributed by atoms with van der Waals surface area (Å²) in [6.07, 6.45) is 1.64. The van der Waals surface area contributed by atoms with Gasteiger partial charge in [-0.2, -0.15) is 10.4 Å². The molecule has 0 saturated heterocycles. The Bertz CT molecular complexity index is 1840. The van der Waals surface area contributed by atoms with E-state index in [9.17, 15) is 10.1 Å². The molecule has 0 bridgehead atoms. The molecule has 5 rings (SSSR count). The van der Waals surface area contributed by atoms with Crippen LogP contribution in [-0.2, 0) is 16.1 Å². The molecule has 44 heavy (non-hydrogen) atoms. The maximum Gasteiger partial charge on any atom is 0.278 e. The summed E-state index contributed by atoms with van der Waals surface area (Å²) in [5.74, 6) is -0.434. The molecule has 8 nitrogen and oxygen atoms in total. The molecule has 2 aromatic heterocycles. The number of carbonyl (C=O) groups is 1. The molecule has 0 saturated carbocycles. The summed E-state index contributed by atoms with van der Waals surface area (Å²) in [5.41, 5.74) is 10.9. The van der Waals surface area contributed by atoms with Crippen LogP contribution in [0.1, 0.15) is 27.9 Å². The third-order valence-corrected chi connectivity index (χ3v) is 7.99. The Hall–Kier alpha value is -5.04. The zero-order valence-electron chi connectivity index (χ0n) is 24.5. The van der Waals surface area contributed by atoms with E-state index in [1.807, 2.05) is 36.4 Å². The van der Waals surface area contributed by atoms with Crippen molar-refractivity contribution in [1.29, 1.82) is 5.26 Å². The van der Waals surface area contributed by atoms with Crippen LogP contribution in [0.25, 0.3) is 28.2 Å². The molecule has 1 N–H and O–H groups in total. The van der Waals surface area contributed by atoms with Crippen molar-refractivity contribution in [2.45, 2.75) is 20.5 Å². The van der Waals surface area contributed by atoms with Crippen molar-refractivity contribution in [2.24, 2.45) is 5.10 Å². The zero-order valence-corrected chi connectivity index (χ0v) is 26.1. The summed E-state index contributed by atoms with van der Waals surface area (Å²) in [6, 6.07) is 32.8. The highest BCUT2D eigenvalue weighted by Crippen LogP contribution is 2.35. The van der Waals surface area contributed by atoms with Crippen LogP contribution in [0.5, 0.6) is 5.88 Å². The monoisotopic (exact) mass is 647 g/mol. The van der Waals surface area contributed by atoms with E-state index in [4.69, 9.17) is 9.47 Å². The molecule has 0 radical (unpaired) electrons.